The number of anilines is 1. The van der Waals surface area contributed by atoms with E-state index in [4.69, 9.17) is 10.7 Å². The predicted octanol–water partition coefficient (Wildman–Crippen LogP) is 2.27. The topological polar surface area (TPSA) is 71.2 Å². The highest BCUT2D eigenvalue weighted by Crippen LogP contribution is 2.34. The Labute approximate surface area is 140 Å². The molecular weight excluding hydrogens is 308 g/mol. The van der Waals surface area contributed by atoms with Crippen LogP contribution >= 0.6 is 11.3 Å². The van der Waals surface area contributed by atoms with Gasteiger partial charge in [-0.3, -0.25) is 4.79 Å². The van der Waals surface area contributed by atoms with Crippen LogP contribution in [-0.4, -0.2) is 37.1 Å². The van der Waals surface area contributed by atoms with Crippen molar-refractivity contribution < 1.29 is 4.79 Å². The molecule has 6 heteroatoms. The Hall–Kier alpha value is -1.66. The zero-order valence-corrected chi connectivity index (χ0v) is 14.6. The standard InChI is InChI=1S/C17H23N4OS/c1-10(2)15(11-7-8-19-9-11)21(3)17-20-14-12(16(18)22)5-4-6-13(14)23-17/h5-6,10-11,15,19H,7-9H2,1-3H3,(H2,18,22). The number of fused-ring (bicyclic) bond motifs is 1. The summed E-state index contributed by atoms with van der Waals surface area (Å²) in [7, 11) is 2.11. The van der Waals surface area contributed by atoms with E-state index in [9.17, 15) is 4.79 Å². The van der Waals surface area contributed by atoms with Gasteiger partial charge in [0.25, 0.3) is 5.91 Å². The van der Waals surface area contributed by atoms with Gasteiger partial charge in [0.2, 0.25) is 0 Å². The molecule has 0 saturated carbocycles. The van der Waals surface area contributed by atoms with Crippen molar-refractivity contribution in [3.63, 3.8) is 0 Å². The third kappa shape index (κ3) is 3.05. The Morgan fingerprint density at radius 1 is 1.52 bits per heavy atom. The molecule has 2 atom stereocenters. The van der Waals surface area contributed by atoms with Gasteiger partial charge in [-0.2, -0.15) is 0 Å². The van der Waals surface area contributed by atoms with Gasteiger partial charge in [-0.15, -0.1) is 0 Å². The second-order valence-electron chi connectivity index (χ2n) is 6.54. The average Bonchev–Trinajstić information content (AvgIpc) is 3.15. The van der Waals surface area contributed by atoms with E-state index in [0.29, 0.717) is 29.0 Å². The zero-order valence-electron chi connectivity index (χ0n) is 13.8. The van der Waals surface area contributed by atoms with E-state index in [0.717, 1.165) is 22.9 Å². The summed E-state index contributed by atoms with van der Waals surface area (Å²) in [6.45, 7) is 6.66. The van der Waals surface area contributed by atoms with Gasteiger partial charge in [0.1, 0.15) is 0 Å². The van der Waals surface area contributed by atoms with E-state index in [2.05, 4.69) is 37.2 Å². The molecule has 23 heavy (non-hydrogen) atoms. The smallest absolute Gasteiger partial charge is 0.250 e. The first-order chi connectivity index (χ1) is 11.0. The molecular formula is C17H23N4OS. The summed E-state index contributed by atoms with van der Waals surface area (Å²) in [5.74, 6) is 0.694. The molecule has 123 valence electrons. The number of rotatable bonds is 5. The number of hydrogen-bond donors (Lipinski definition) is 2. The van der Waals surface area contributed by atoms with Crippen LogP contribution in [0, 0.1) is 17.9 Å². The molecule has 1 amide bonds. The van der Waals surface area contributed by atoms with Crippen molar-refractivity contribution in [1.29, 1.82) is 0 Å². The Morgan fingerprint density at radius 2 is 2.30 bits per heavy atom. The molecule has 1 aromatic heterocycles. The van der Waals surface area contributed by atoms with Crippen molar-refractivity contribution in [3.8, 4) is 0 Å². The van der Waals surface area contributed by atoms with Crippen molar-refractivity contribution >= 4 is 32.6 Å². The summed E-state index contributed by atoms with van der Waals surface area (Å²) >= 11 is 1.60. The van der Waals surface area contributed by atoms with E-state index in [1.165, 1.54) is 6.42 Å². The van der Waals surface area contributed by atoms with Crippen LogP contribution < -0.4 is 16.0 Å². The molecule has 0 aliphatic carbocycles. The van der Waals surface area contributed by atoms with E-state index in [-0.39, 0.29) is 0 Å². The molecule has 1 saturated heterocycles. The van der Waals surface area contributed by atoms with Crippen LogP contribution in [0.4, 0.5) is 5.13 Å². The van der Waals surface area contributed by atoms with Crippen LogP contribution in [0.5, 0.6) is 0 Å². The first-order valence-electron chi connectivity index (χ1n) is 8.03. The number of primary amides is 1. The van der Waals surface area contributed by atoms with Gasteiger partial charge in [-0.05, 0) is 49.5 Å². The highest BCUT2D eigenvalue weighted by molar-refractivity contribution is 7.22. The normalized spacial score (nSPS) is 19.4. The first kappa shape index (κ1) is 16.2. The maximum Gasteiger partial charge on any atom is 0.250 e. The zero-order chi connectivity index (χ0) is 16.6. The number of benzene rings is 1. The van der Waals surface area contributed by atoms with Gasteiger partial charge in [-0.25, -0.2) is 4.98 Å². The molecule has 5 nitrogen and oxygen atoms in total. The fraction of sp³-hybridized carbons (Fsp3) is 0.529. The summed E-state index contributed by atoms with van der Waals surface area (Å²) in [4.78, 5) is 18.6. The molecule has 1 radical (unpaired) electrons. The predicted molar refractivity (Wildman–Crippen MR) is 95.0 cm³/mol. The molecule has 1 aliphatic heterocycles. The van der Waals surface area contributed by atoms with Gasteiger partial charge >= 0.3 is 0 Å². The summed E-state index contributed by atoms with van der Waals surface area (Å²) < 4.78 is 0.954. The van der Waals surface area contributed by atoms with Crippen LogP contribution in [-0.2, 0) is 0 Å². The van der Waals surface area contributed by atoms with Crippen molar-refractivity contribution in [1.82, 2.24) is 10.3 Å². The quantitative estimate of drug-likeness (QED) is 0.882. The number of amides is 1. The molecule has 2 heterocycles. The second-order valence-corrected chi connectivity index (χ2v) is 7.55. The third-order valence-corrected chi connectivity index (χ3v) is 5.71. The number of hydrogen-bond acceptors (Lipinski definition) is 5. The van der Waals surface area contributed by atoms with Crippen LogP contribution in [0.25, 0.3) is 10.2 Å². The number of carbonyl (C=O) groups excluding carboxylic acids is 1. The highest BCUT2D eigenvalue weighted by atomic mass is 32.1. The maximum absolute atomic E-state index is 11.6. The lowest BCUT2D eigenvalue weighted by atomic mass is 9.89. The minimum Gasteiger partial charge on any atom is -0.366 e. The average molecular weight is 331 g/mol. The Bertz CT molecular complexity index is 706. The van der Waals surface area contributed by atoms with Gasteiger partial charge < -0.3 is 16.0 Å². The summed E-state index contributed by atoms with van der Waals surface area (Å²) in [5, 5.41) is 4.39. The van der Waals surface area contributed by atoms with Crippen molar-refractivity contribution in [2.45, 2.75) is 26.3 Å². The SMILES string of the molecule is CC(C)C(C1CCNC1)N(C)c1nc2c(C(N)=O)c[c]cc2s1. The molecule has 3 N–H and O–H groups in total. The lowest BCUT2D eigenvalue weighted by molar-refractivity contribution is 0.100. The van der Waals surface area contributed by atoms with Gasteiger partial charge in [-0.1, -0.05) is 25.2 Å². The largest absolute Gasteiger partial charge is 0.366 e. The van der Waals surface area contributed by atoms with E-state index >= 15 is 0 Å². The summed E-state index contributed by atoms with van der Waals surface area (Å²) in [6.07, 6.45) is 1.19. The molecule has 2 unspecified atom stereocenters. The lowest BCUT2D eigenvalue weighted by Crippen LogP contribution is -2.42. The van der Waals surface area contributed by atoms with Crippen molar-refractivity contribution in [2.75, 3.05) is 25.0 Å². The molecule has 0 bridgehead atoms. The minimum atomic E-state index is -0.452. The molecule has 1 fully saturated rings. The van der Waals surface area contributed by atoms with Crippen LogP contribution in [0.15, 0.2) is 12.1 Å². The monoisotopic (exact) mass is 331 g/mol. The Balaban J connectivity index is 1.97. The van der Waals surface area contributed by atoms with Gasteiger partial charge in [0.05, 0.1) is 15.8 Å². The third-order valence-electron chi connectivity index (χ3n) is 4.62. The molecule has 3 rings (SSSR count). The van der Waals surface area contributed by atoms with Gasteiger partial charge in [0, 0.05) is 13.1 Å². The highest BCUT2D eigenvalue weighted by Gasteiger charge is 2.32. The number of aromatic nitrogens is 1. The number of carbonyl (C=O) groups is 1. The molecule has 1 aliphatic rings. The fourth-order valence-electron chi connectivity index (χ4n) is 3.62. The van der Waals surface area contributed by atoms with Crippen LogP contribution in [0.1, 0.15) is 30.6 Å². The molecule has 0 spiro atoms. The number of nitrogens with two attached hydrogens (primary N) is 1. The van der Waals surface area contributed by atoms with E-state index < -0.39 is 5.91 Å². The van der Waals surface area contributed by atoms with E-state index in [1.807, 2.05) is 6.07 Å². The lowest BCUT2D eigenvalue weighted by Gasteiger charge is -2.35. The molecule has 1 aromatic carbocycles. The fourth-order valence-corrected chi connectivity index (χ4v) is 4.60. The second kappa shape index (κ2) is 6.45. The number of nitrogens with zero attached hydrogens (tertiary/aromatic N) is 2. The number of nitrogens with one attached hydrogen (secondary N) is 1. The van der Waals surface area contributed by atoms with E-state index in [1.54, 1.807) is 17.4 Å². The Kier molecular flexibility index (Phi) is 4.55. The van der Waals surface area contributed by atoms with Crippen LogP contribution in [0.3, 0.4) is 0 Å². The first-order valence-corrected chi connectivity index (χ1v) is 8.84. The summed E-state index contributed by atoms with van der Waals surface area (Å²) in [5.41, 5.74) is 6.59. The number of thiazole rings is 1. The van der Waals surface area contributed by atoms with Gasteiger partial charge in [0.15, 0.2) is 5.13 Å². The summed E-state index contributed by atoms with van der Waals surface area (Å²) in [6, 6.07) is 6.90. The van der Waals surface area contributed by atoms with Crippen LogP contribution in [0.2, 0.25) is 0 Å². The van der Waals surface area contributed by atoms with Crippen molar-refractivity contribution in [2.24, 2.45) is 17.6 Å². The maximum atomic E-state index is 11.6. The molecule has 2 aromatic rings. The Morgan fingerprint density at radius 3 is 2.91 bits per heavy atom. The minimum absolute atomic E-state index is 0.423. The van der Waals surface area contributed by atoms with Crippen molar-refractivity contribution in [3.05, 3.63) is 23.8 Å².